The zero-order chi connectivity index (χ0) is 15.4. The van der Waals surface area contributed by atoms with Crippen molar-refractivity contribution < 1.29 is 0 Å². The fraction of sp³-hybridized carbons (Fsp3) is 0.471. The van der Waals surface area contributed by atoms with E-state index in [2.05, 4.69) is 68.1 Å². The summed E-state index contributed by atoms with van der Waals surface area (Å²) in [5, 5.41) is 4.55. The summed E-state index contributed by atoms with van der Waals surface area (Å²) < 4.78 is 0. The molecule has 0 aliphatic rings. The second-order valence-corrected chi connectivity index (χ2v) is 6.61. The average molecular weight is 303 g/mol. The van der Waals surface area contributed by atoms with Gasteiger partial charge in [0.05, 0.1) is 0 Å². The fourth-order valence-electron chi connectivity index (χ4n) is 2.38. The first kappa shape index (κ1) is 16.0. The molecule has 2 rings (SSSR count). The van der Waals surface area contributed by atoms with Gasteiger partial charge >= 0.3 is 0 Å². The SMILES string of the molecule is CCCNC(C)c1cnc(N(C)c2ccc(C)cc2C)s1. The standard InChI is InChI=1S/C17H25N3S/c1-6-9-18-14(4)16-11-19-17(21-16)20(5)15-8-7-12(2)10-13(15)3/h7-8,10-11,14,18H,6,9H2,1-5H3. The Bertz CT molecular complexity index is 591. The second-order valence-electron chi connectivity index (χ2n) is 5.57. The Hall–Kier alpha value is -1.39. The Morgan fingerprint density at radius 2 is 2.10 bits per heavy atom. The molecule has 1 N–H and O–H groups in total. The van der Waals surface area contributed by atoms with Gasteiger partial charge in [-0.1, -0.05) is 36.0 Å². The maximum Gasteiger partial charge on any atom is 0.189 e. The predicted octanol–water partition coefficient (Wildman–Crippen LogP) is 4.59. The third-order valence-corrected chi connectivity index (χ3v) is 4.90. The summed E-state index contributed by atoms with van der Waals surface area (Å²) in [6.07, 6.45) is 3.14. The third-order valence-electron chi connectivity index (χ3n) is 3.64. The highest BCUT2D eigenvalue weighted by Gasteiger charge is 2.14. The first-order chi connectivity index (χ1) is 10.0. The summed E-state index contributed by atoms with van der Waals surface area (Å²) in [5.41, 5.74) is 3.80. The van der Waals surface area contributed by atoms with E-state index in [4.69, 9.17) is 0 Å². The van der Waals surface area contributed by atoms with Crippen LogP contribution in [0.1, 0.15) is 42.3 Å². The zero-order valence-corrected chi connectivity index (χ0v) is 14.4. The molecule has 0 spiro atoms. The molecule has 0 fully saturated rings. The van der Waals surface area contributed by atoms with E-state index < -0.39 is 0 Å². The van der Waals surface area contributed by atoms with Crippen LogP contribution in [0, 0.1) is 13.8 Å². The van der Waals surface area contributed by atoms with Gasteiger partial charge in [0.25, 0.3) is 0 Å². The predicted molar refractivity (Wildman–Crippen MR) is 92.8 cm³/mol. The van der Waals surface area contributed by atoms with Gasteiger partial charge in [-0.15, -0.1) is 0 Å². The highest BCUT2D eigenvalue weighted by molar-refractivity contribution is 7.15. The molecular formula is C17H25N3S. The summed E-state index contributed by atoms with van der Waals surface area (Å²) >= 11 is 1.76. The minimum Gasteiger partial charge on any atom is -0.321 e. The maximum atomic E-state index is 4.59. The van der Waals surface area contributed by atoms with Crippen molar-refractivity contribution in [3.05, 3.63) is 40.4 Å². The van der Waals surface area contributed by atoms with Crippen molar-refractivity contribution in [3.8, 4) is 0 Å². The minimum atomic E-state index is 0.365. The lowest BCUT2D eigenvalue weighted by Gasteiger charge is -2.19. The number of rotatable bonds is 6. The Kier molecular flexibility index (Phi) is 5.37. The molecule has 2 aromatic rings. The van der Waals surface area contributed by atoms with Crippen molar-refractivity contribution in [1.29, 1.82) is 0 Å². The molecule has 114 valence electrons. The highest BCUT2D eigenvalue weighted by atomic mass is 32.1. The van der Waals surface area contributed by atoms with E-state index in [1.807, 2.05) is 6.20 Å². The van der Waals surface area contributed by atoms with Crippen LogP contribution in [0.4, 0.5) is 10.8 Å². The van der Waals surface area contributed by atoms with E-state index >= 15 is 0 Å². The molecule has 0 aliphatic carbocycles. The Labute approximate surface area is 132 Å². The van der Waals surface area contributed by atoms with Crippen LogP contribution in [0.15, 0.2) is 24.4 Å². The van der Waals surface area contributed by atoms with Gasteiger partial charge in [0.1, 0.15) is 0 Å². The fourth-order valence-corrected chi connectivity index (χ4v) is 3.30. The van der Waals surface area contributed by atoms with Crippen LogP contribution >= 0.6 is 11.3 Å². The van der Waals surface area contributed by atoms with Crippen LogP contribution in [0.5, 0.6) is 0 Å². The van der Waals surface area contributed by atoms with E-state index in [1.54, 1.807) is 11.3 Å². The first-order valence-corrected chi connectivity index (χ1v) is 8.34. The number of aryl methyl sites for hydroxylation is 2. The van der Waals surface area contributed by atoms with Crippen LogP contribution < -0.4 is 10.2 Å². The van der Waals surface area contributed by atoms with E-state index in [0.29, 0.717) is 6.04 Å². The highest BCUT2D eigenvalue weighted by Crippen LogP contribution is 2.32. The van der Waals surface area contributed by atoms with E-state index in [1.165, 1.54) is 21.7 Å². The van der Waals surface area contributed by atoms with Crippen LogP contribution in [0.2, 0.25) is 0 Å². The monoisotopic (exact) mass is 303 g/mol. The van der Waals surface area contributed by atoms with Crippen molar-refractivity contribution >= 4 is 22.2 Å². The van der Waals surface area contributed by atoms with Crippen molar-refractivity contribution in [1.82, 2.24) is 10.3 Å². The summed E-state index contributed by atoms with van der Waals surface area (Å²) in [7, 11) is 2.09. The van der Waals surface area contributed by atoms with Gasteiger partial charge in [-0.3, -0.25) is 0 Å². The molecule has 1 aromatic heterocycles. The number of anilines is 2. The average Bonchev–Trinajstić information content (AvgIpc) is 2.94. The smallest absolute Gasteiger partial charge is 0.189 e. The van der Waals surface area contributed by atoms with E-state index in [-0.39, 0.29) is 0 Å². The van der Waals surface area contributed by atoms with Gasteiger partial charge < -0.3 is 10.2 Å². The van der Waals surface area contributed by atoms with Crippen molar-refractivity contribution in [2.45, 2.75) is 40.2 Å². The lowest BCUT2D eigenvalue weighted by Crippen LogP contribution is -2.18. The first-order valence-electron chi connectivity index (χ1n) is 7.53. The molecule has 0 aliphatic heterocycles. The van der Waals surface area contributed by atoms with Gasteiger partial charge in [0, 0.05) is 29.9 Å². The number of aromatic nitrogens is 1. The number of nitrogens with one attached hydrogen (secondary N) is 1. The Morgan fingerprint density at radius 3 is 2.76 bits per heavy atom. The largest absolute Gasteiger partial charge is 0.321 e. The molecule has 0 saturated heterocycles. The van der Waals surface area contributed by atoms with Crippen molar-refractivity contribution in [2.75, 3.05) is 18.5 Å². The summed E-state index contributed by atoms with van der Waals surface area (Å²) in [6.45, 7) is 9.70. The van der Waals surface area contributed by atoms with Gasteiger partial charge in [0.15, 0.2) is 5.13 Å². The lowest BCUT2D eigenvalue weighted by atomic mass is 10.1. The van der Waals surface area contributed by atoms with E-state index in [9.17, 15) is 0 Å². The second kappa shape index (κ2) is 7.05. The lowest BCUT2D eigenvalue weighted by molar-refractivity contribution is 0.577. The van der Waals surface area contributed by atoms with Crippen LogP contribution in [-0.2, 0) is 0 Å². The number of hydrogen-bond donors (Lipinski definition) is 1. The quantitative estimate of drug-likeness (QED) is 0.846. The molecule has 1 aromatic carbocycles. The molecule has 3 nitrogen and oxygen atoms in total. The van der Waals surface area contributed by atoms with Crippen LogP contribution in [0.3, 0.4) is 0 Å². The molecule has 1 unspecified atom stereocenters. The van der Waals surface area contributed by atoms with Gasteiger partial charge in [-0.05, 0) is 45.4 Å². The zero-order valence-electron chi connectivity index (χ0n) is 13.6. The third kappa shape index (κ3) is 3.83. The number of nitrogens with zero attached hydrogens (tertiary/aromatic N) is 2. The van der Waals surface area contributed by atoms with E-state index in [0.717, 1.165) is 18.1 Å². The molecular weight excluding hydrogens is 278 g/mol. The van der Waals surface area contributed by atoms with Crippen LogP contribution in [0.25, 0.3) is 0 Å². The minimum absolute atomic E-state index is 0.365. The molecule has 0 bridgehead atoms. The maximum absolute atomic E-state index is 4.59. The van der Waals surface area contributed by atoms with Gasteiger partial charge in [0.2, 0.25) is 0 Å². The summed E-state index contributed by atoms with van der Waals surface area (Å²) in [5.74, 6) is 0. The molecule has 0 amide bonds. The normalized spacial score (nSPS) is 12.4. The molecule has 4 heteroatoms. The van der Waals surface area contributed by atoms with Crippen molar-refractivity contribution in [3.63, 3.8) is 0 Å². The van der Waals surface area contributed by atoms with Crippen LogP contribution in [-0.4, -0.2) is 18.6 Å². The molecule has 21 heavy (non-hydrogen) atoms. The molecule has 1 atom stereocenters. The summed E-state index contributed by atoms with van der Waals surface area (Å²) in [4.78, 5) is 8.05. The summed E-state index contributed by atoms with van der Waals surface area (Å²) in [6, 6.07) is 6.90. The number of hydrogen-bond acceptors (Lipinski definition) is 4. The molecule has 1 heterocycles. The molecule has 0 saturated carbocycles. The Morgan fingerprint density at radius 1 is 1.33 bits per heavy atom. The van der Waals surface area contributed by atoms with Crippen molar-refractivity contribution in [2.24, 2.45) is 0 Å². The number of thiazole rings is 1. The number of benzene rings is 1. The molecule has 0 radical (unpaired) electrons. The van der Waals surface area contributed by atoms with Gasteiger partial charge in [-0.2, -0.15) is 0 Å². The Balaban J connectivity index is 2.16. The topological polar surface area (TPSA) is 28.2 Å². The van der Waals surface area contributed by atoms with Gasteiger partial charge in [-0.25, -0.2) is 4.98 Å².